The highest BCUT2D eigenvalue weighted by atomic mass is 35.5. The second kappa shape index (κ2) is 5.97. The normalized spacial score (nSPS) is 19.2. The summed E-state index contributed by atoms with van der Waals surface area (Å²) in [6.07, 6.45) is 1.30. The highest BCUT2D eigenvalue weighted by Gasteiger charge is 2.33. The Morgan fingerprint density at radius 1 is 1.35 bits per heavy atom. The number of nitrogens with one attached hydrogen (secondary N) is 1. The quantitative estimate of drug-likeness (QED) is 0.871. The highest BCUT2D eigenvalue weighted by Crippen LogP contribution is 2.30. The number of amides is 2. The lowest BCUT2D eigenvalue weighted by molar-refractivity contribution is -0.131. The van der Waals surface area contributed by atoms with Gasteiger partial charge in [-0.05, 0) is 18.6 Å². The van der Waals surface area contributed by atoms with Crippen molar-refractivity contribution in [2.24, 2.45) is 0 Å². The minimum absolute atomic E-state index is 0.128. The van der Waals surface area contributed by atoms with Crippen molar-refractivity contribution < 1.29 is 14.0 Å². The Balaban J connectivity index is 2.35. The minimum atomic E-state index is -0.740. The van der Waals surface area contributed by atoms with Gasteiger partial charge in [-0.2, -0.15) is 0 Å². The van der Waals surface area contributed by atoms with Crippen LogP contribution in [0.3, 0.4) is 0 Å². The lowest BCUT2D eigenvalue weighted by Gasteiger charge is -2.32. The zero-order valence-corrected chi connectivity index (χ0v) is 12.3. The van der Waals surface area contributed by atoms with Crippen molar-refractivity contribution in [3.63, 3.8) is 0 Å². The molecule has 0 radical (unpaired) electrons. The van der Waals surface area contributed by atoms with Crippen LogP contribution in [0.2, 0.25) is 10.0 Å². The molecule has 7 heteroatoms. The number of hydrogen-bond acceptors (Lipinski definition) is 2. The van der Waals surface area contributed by atoms with Crippen LogP contribution in [-0.2, 0) is 9.59 Å². The van der Waals surface area contributed by atoms with Crippen LogP contribution in [0, 0.1) is 5.82 Å². The van der Waals surface area contributed by atoms with Gasteiger partial charge in [0, 0.05) is 5.69 Å². The summed E-state index contributed by atoms with van der Waals surface area (Å²) in [4.78, 5) is 25.2. The molecule has 108 valence electrons. The van der Waals surface area contributed by atoms with Crippen LogP contribution in [0.1, 0.15) is 19.8 Å². The smallest absolute Gasteiger partial charge is 0.250 e. The van der Waals surface area contributed by atoms with Crippen molar-refractivity contribution in [1.29, 1.82) is 0 Å². The zero-order valence-electron chi connectivity index (χ0n) is 10.8. The fraction of sp³-hybridized carbons (Fsp3) is 0.385. The van der Waals surface area contributed by atoms with Crippen LogP contribution in [0.5, 0.6) is 0 Å². The molecule has 0 spiro atoms. The predicted octanol–water partition coefficient (Wildman–Crippen LogP) is 2.76. The van der Waals surface area contributed by atoms with Crippen molar-refractivity contribution in [2.75, 3.05) is 11.4 Å². The minimum Gasteiger partial charge on any atom is -0.343 e. The molecule has 1 unspecified atom stereocenters. The fourth-order valence-electron chi connectivity index (χ4n) is 2.11. The van der Waals surface area contributed by atoms with Crippen LogP contribution < -0.4 is 10.2 Å². The summed E-state index contributed by atoms with van der Waals surface area (Å²) in [5.74, 6) is -1.25. The summed E-state index contributed by atoms with van der Waals surface area (Å²) < 4.78 is 13.4. The maximum Gasteiger partial charge on any atom is 0.250 e. The zero-order chi connectivity index (χ0) is 14.9. The highest BCUT2D eigenvalue weighted by molar-refractivity contribution is 6.35. The summed E-state index contributed by atoms with van der Waals surface area (Å²) in [5, 5.41) is 2.27. The average Bonchev–Trinajstić information content (AvgIpc) is 2.39. The van der Waals surface area contributed by atoms with E-state index in [2.05, 4.69) is 5.32 Å². The molecule has 1 atom stereocenters. The standard InChI is InChI=1S/C13H13Cl2FN2O2/c1-2-3-10-13(20)18(6-11(19)17-10)7-4-8(14)12(16)9(15)5-7/h4-5,10H,2-3,6H2,1H3,(H,17,19). The number of rotatable bonds is 3. The molecular weight excluding hydrogens is 306 g/mol. The summed E-state index contributed by atoms with van der Waals surface area (Å²) in [7, 11) is 0. The number of nitrogens with zero attached hydrogens (tertiary/aromatic N) is 1. The third-order valence-electron chi connectivity index (χ3n) is 3.06. The van der Waals surface area contributed by atoms with E-state index in [-0.39, 0.29) is 28.4 Å². The summed E-state index contributed by atoms with van der Waals surface area (Å²) >= 11 is 11.4. The van der Waals surface area contributed by atoms with Gasteiger partial charge in [0.15, 0.2) is 5.82 Å². The van der Waals surface area contributed by atoms with Gasteiger partial charge in [-0.15, -0.1) is 0 Å². The third kappa shape index (κ3) is 2.88. The topological polar surface area (TPSA) is 49.4 Å². The van der Waals surface area contributed by atoms with E-state index in [1.165, 1.54) is 17.0 Å². The second-order valence-electron chi connectivity index (χ2n) is 4.56. The van der Waals surface area contributed by atoms with Gasteiger partial charge < -0.3 is 10.2 Å². The number of piperazine rings is 1. The van der Waals surface area contributed by atoms with Crippen LogP contribution in [-0.4, -0.2) is 24.4 Å². The Morgan fingerprint density at radius 3 is 2.50 bits per heavy atom. The van der Waals surface area contributed by atoms with Crippen LogP contribution >= 0.6 is 23.2 Å². The molecule has 1 N–H and O–H groups in total. The van der Waals surface area contributed by atoms with E-state index in [0.29, 0.717) is 12.1 Å². The molecule has 2 rings (SSSR count). The Hall–Kier alpha value is -1.33. The van der Waals surface area contributed by atoms with E-state index >= 15 is 0 Å². The van der Waals surface area contributed by atoms with Crippen molar-refractivity contribution in [2.45, 2.75) is 25.8 Å². The maximum absolute atomic E-state index is 13.4. The molecule has 1 aliphatic rings. The van der Waals surface area contributed by atoms with E-state index in [1.54, 1.807) is 0 Å². The molecule has 0 saturated carbocycles. The summed E-state index contributed by atoms with van der Waals surface area (Å²) in [6.45, 7) is 1.79. The van der Waals surface area contributed by atoms with Gasteiger partial charge in [0.2, 0.25) is 11.8 Å². The Bertz CT molecular complexity index is 542. The van der Waals surface area contributed by atoms with Crippen molar-refractivity contribution >= 4 is 40.7 Å². The van der Waals surface area contributed by atoms with Crippen molar-refractivity contribution in [3.05, 3.63) is 28.0 Å². The maximum atomic E-state index is 13.4. The Morgan fingerprint density at radius 2 is 1.95 bits per heavy atom. The van der Waals surface area contributed by atoms with Crippen LogP contribution in [0.15, 0.2) is 12.1 Å². The van der Waals surface area contributed by atoms with E-state index in [9.17, 15) is 14.0 Å². The van der Waals surface area contributed by atoms with E-state index in [1.807, 2.05) is 6.92 Å². The first-order valence-electron chi connectivity index (χ1n) is 6.19. The molecule has 1 fully saturated rings. The van der Waals surface area contributed by atoms with Gasteiger partial charge in [-0.3, -0.25) is 9.59 Å². The number of benzene rings is 1. The molecule has 1 saturated heterocycles. The molecular formula is C13H13Cl2FN2O2. The number of hydrogen-bond donors (Lipinski definition) is 1. The molecule has 1 aliphatic heterocycles. The van der Waals surface area contributed by atoms with Crippen LogP contribution in [0.4, 0.5) is 10.1 Å². The Labute approximate surface area is 125 Å². The summed E-state index contributed by atoms with van der Waals surface area (Å²) in [5.41, 5.74) is 0.322. The number of anilines is 1. The Kier molecular flexibility index (Phi) is 4.50. The first-order valence-corrected chi connectivity index (χ1v) is 6.95. The number of carbonyl (C=O) groups is 2. The van der Waals surface area contributed by atoms with E-state index < -0.39 is 11.9 Å². The number of carbonyl (C=O) groups excluding carboxylic acids is 2. The molecule has 1 aromatic rings. The lowest BCUT2D eigenvalue weighted by atomic mass is 10.1. The van der Waals surface area contributed by atoms with Crippen LogP contribution in [0.25, 0.3) is 0 Å². The van der Waals surface area contributed by atoms with Gasteiger partial charge in [0.25, 0.3) is 0 Å². The molecule has 0 bridgehead atoms. The van der Waals surface area contributed by atoms with Gasteiger partial charge in [-0.1, -0.05) is 36.5 Å². The van der Waals surface area contributed by atoms with Crippen molar-refractivity contribution in [3.8, 4) is 0 Å². The van der Waals surface area contributed by atoms with E-state index in [4.69, 9.17) is 23.2 Å². The molecule has 4 nitrogen and oxygen atoms in total. The molecule has 1 heterocycles. The van der Waals surface area contributed by atoms with Gasteiger partial charge in [0.05, 0.1) is 10.0 Å². The monoisotopic (exact) mass is 318 g/mol. The average molecular weight is 319 g/mol. The lowest BCUT2D eigenvalue weighted by Crippen LogP contribution is -2.58. The van der Waals surface area contributed by atoms with Gasteiger partial charge in [0.1, 0.15) is 12.6 Å². The largest absolute Gasteiger partial charge is 0.343 e. The molecule has 2 amide bonds. The molecule has 20 heavy (non-hydrogen) atoms. The molecule has 1 aromatic carbocycles. The predicted molar refractivity (Wildman–Crippen MR) is 75.6 cm³/mol. The van der Waals surface area contributed by atoms with Gasteiger partial charge >= 0.3 is 0 Å². The first-order chi connectivity index (χ1) is 9.43. The second-order valence-corrected chi connectivity index (χ2v) is 5.37. The molecule has 0 aliphatic carbocycles. The fourth-order valence-corrected chi connectivity index (χ4v) is 2.59. The molecule has 0 aromatic heterocycles. The van der Waals surface area contributed by atoms with Gasteiger partial charge in [-0.25, -0.2) is 4.39 Å². The van der Waals surface area contributed by atoms with E-state index in [0.717, 1.165) is 6.42 Å². The third-order valence-corrected chi connectivity index (χ3v) is 3.61. The van der Waals surface area contributed by atoms with Crippen molar-refractivity contribution in [1.82, 2.24) is 5.32 Å². The number of halogens is 3. The first kappa shape index (κ1) is 15.1. The summed E-state index contributed by atoms with van der Waals surface area (Å²) in [6, 6.07) is 2.02. The SMILES string of the molecule is CCCC1NC(=O)CN(c2cc(Cl)c(F)c(Cl)c2)C1=O.